The molecule has 19 heavy (non-hydrogen) atoms. The molecule has 0 aromatic heterocycles. The number of aliphatic hydroxyl groups excluding tert-OH is 1. The van der Waals surface area contributed by atoms with E-state index in [4.69, 9.17) is 0 Å². The highest BCUT2D eigenvalue weighted by Crippen LogP contribution is 2.35. The molecule has 0 aliphatic heterocycles. The summed E-state index contributed by atoms with van der Waals surface area (Å²) in [7, 11) is 0. The van der Waals surface area contributed by atoms with Crippen LogP contribution in [0.2, 0.25) is 0 Å². The molecular weight excluding hydrogens is 246 g/mol. The zero-order valence-corrected chi connectivity index (χ0v) is 11.6. The number of hydrogen-bond donors (Lipinski definition) is 1. The molecule has 1 saturated carbocycles. The van der Waals surface area contributed by atoms with Crippen molar-refractivity contribution in [2.24, 2.45) is 17.8 Å². The maximum absolute atomic E-state index is 13.2. The third kappa shape index (κ3) is 3.53. The van der Waals surface area contributed by atoms with Crippen LogP contribution in [0.5, 0.6) is 0 Å². The molecule has 2 rings (SSSR count). The average Bonchev–Trinajstić information content (AvgIpc) is 2.36. The Bertz CT molecular complexity index is 431. The quantitative estimate of drug-likeness (QED) is 0.880. The normalized spacial score (nSPS) is 27.8. The number of halogens is 2. The van der Waals surface area contributed by atoms with E-state index in [9.17, 15) is 13.9 Å². The van der Waals surface area contributed by atoms with Gasteiger partial charge in [0.2, 0.25) is 0 Å². The smallest absolute Gasteiger partial charge is 0.159 e. The van der Waals surface area contributed by atoms with Crippen molar-refractivity contribution in [3.8, 4) is 0 Å². The summed E-state index contributed by atoms with van der Waals surface area (Å²) in [4.78, 5) is 0. The second-order valence-electron chi connectivity index (χ2n) is 6.10. The number of aliphatic hydroxyl groups is 1. The third-order valence-electron chi connectivity index (χ3n) is 4.41. The first-order valence-electron chi connectivity index (χ1n) is 7.09. The van der Waals surface area contributed by atoms with E-state index in [-0.39, 0.29) is 12.0 Å². The minimum Gasteiger partial charge on any atom is -0.393 e. The van der Waals surface area contributed by atoms with Crippen molar-refractivity contribution in [1.82, 2.24) is 0 Å². The third-order valence-corrected chi connectivity index (χ3v) is 4.41. The number of hydrogen-bond acceptors (Lipinski definition) is 1. The molecule has 0 heterocycles. The van der Waals surface area contributed by atoms with Crippen molar-refractivity contribution < 1.29 is 13.9 Å². The minimum absolute atomic E-state index is 0.158. The minimum atomic E-state index is -0.812. The molecule has 1 aliphatic carbocycles. The first kappa shape index (κ1) is 14.4. The van der Waals surface area contributed by atoms with Crippen LogP contribution >= 0.6 is 0 Å². The van der Waals surface area contributed by atoms with Gasteiger partial charge in [-0.15, -0.1) is 0 Å². The van der Waals surface area contributed by atoms with Crippen LogP contribution in [0.25, 0.3) is 0 Å². The largest absolute Gasteiger partial charge is 0.393 e. The summed E-state index contributed by atoms with van der Waals surface area (Å²) >= 11 is 0. The molecule has 0 bridgehead atoms. The highest BCUT2D eigenvalue weighted by molar-refractivity contribution is 5.18. The topological polar surface area (TPSA) is 20.2 Å². The highest BCUT2D eigenvalue weighted by atomic mass is 19.2. The van der Waals surface area contributed by atoms with E-state index >= 15 is 0 Å². The molecule has 3 unspecified atom stereocenters. The summed E-state index contributed by atoms with van der Waals surface area (Å²) in [6.45, 7) is 4.41. The van der Waals surface area contributed by atoms with E-state index in [1.807, 2.05) is 0 Å². The SMILES string of the molecule is CC(C)C1CCC(O)C(Cc2ccc(F)c(F)c2)C1. The Hall–Kier alpha value is -0.960. The van der Waals surface area contributed by atoms with Gasteiger partial charge in [0.1, 0.15) is 0 Å². The molecule has 1 aromatic rings. The molecule has 3 atom stereocenters. The van der Waals surface area contributed by atoms with E-state index in [1.165, 1.54) is 12.1 Å². The maximum Gasteiger partial charge on any atom is 0.159 e. The lowest BCUT2D eigenvalue weighted by Crippen LogP contribution is -2.32. The summed E-state index contributed by atoms with van der Waals surface area (Å²) in [5.74, 6) is -0.221. The van der Waals surface area contributed by atoms with Gasteiger partial charge >= 0.3 is 0 Å². The summed E-state index contributed by atoms with van der Waals surface area (Å²) in [5, 5.41) is 10.1. The Morgan fingerprint density at radius 2 is 1.95 bits per heavy atom. The van der Waals surface area contributed by atoms with E-state index in [0.29, 0.717) is 18.3 Å². The van der Waals surface area contributed by atoms with Crippen LogP contribution in [-0.2, 0) is 6.42 Å². The molecule has 106 valence electrons. The molecule has 1 N–H and O–H groups in total. The van der Waals surface area contributed by atoms with Crippen molar-refractivity contribution in [2.75, 3.05) is 0 Å². The molecular formula is C16H22F2O. The van der Waals surface area contributed by atoms with Crippen molar-refractivity contribution in [3.63, 3.8) is 0 Å². The van der Waals surface area contributed by atoms with Crippen LogP contribution in [-0.4, -0.2) is 11.2 Å². The zero-order valence-electron chi connectivity index (χ0n) is 11.6. The fourth-order valence-corrected chi connectivity index (χ4v) is 3.08. The first-order chi connectivity index (χ1) is 8.97. The Morgan fingerprint density at radius 1 is 1.21 bits per heavy atom. The van der Waals surface area contributed by atoms with Crippen molar-refractivity contribution >= 4 is 0 Å². The van der Waals surface area contributed by atoms with Gasteiger partial charge in [0.05, 0.1) is 6.10 Å². The second-order valence-corrected chi connectivity index (χ2v) is 6.10. The highest BCUT2D eigenvalue weighted by Gasteiger charge is 2.30. The van der Waals surface area contributed by atoms with E-state index in [1.54, 1.807) is 6.07 Å². The van der Waals surface area contributed by atoms with Gasteiger partial charge in [-0.2, -0.15) is 0 Å². The lowest BCUT2D eigenvalue weighted by molar-refractivity contribution is 0.0378. The predicted molar refractivity (Wildman–Crippen MR) is 71.7 cm³/mol. The van der Waals surface area contributed by atoms with Gasteiger partial charge in [-0.05, 0) is 61.1 Å². The number of rotatable bonds is 3. The van der Waals surface area contributed by atoms with Crippen LogP contribution < -0.4 is 0 Å². The van der Waals surface area contributed by atoms with Gasteiger partial charge in [-0.1, -0.05) is 19.9 Å². The molecule has 0 amide bonds. The van der Waals surface area contributed by atoms with Gasteiger partial charge in [0.25, 0.3) is 0 Å². The molecule has 1 nitrogen and oxygen atoms in total. The van der Waals surface area contributed by atoms with E-state index < -0.39 is 11.6 Å². The fourth-order valence-electron chi connectivity index (χ4n) is 3.08. The lowest BCUT2D eigenvalue weighted by Gasteiger charge is -2.35. The summed E-state index contributed by atoms with van der Waals surface area (Å²) in [5.41, 5.74) is 0.771. The molecule has 1 aliphatic rings. The summed E-state index contributed by atoms with van der Waals surface area (Å²) in [6, 6.07) is 4.03. The lowest BCUT2D eigenvalue weighted by atomic mass is 9.73. The van der Waals surface area contributed by atoms with E-state index in [2.05, 4.69) is 13.8 Å². The Morgan fingerprint density at radius 3 is 2.58 bits per heavy atom. The summed E-state index contributed by atoms with van der Waals surface area (Å²) < 4.78 is 26.1. The van der Waals surface area contributed by atoms with Gasteiger partial charge in [0.15, 0.2) is 11.6 Å². The van der Waals surface area contributed by atoms with Crippen LogP contribution in [0, 0.1) is 29.4 Å². The van der Waals surface area contributed by atoms with Crippen LogP contribution in [0.15, 0.2) is 18.2 Å². The van der Waals surface area contributed by atoms with Crippen molar-refractivity contribution in [1.29, 1.82) is 0 Å². The van der Waals surface area contributed by atoms with Crippen molar-refractivity contribution in [3.05, 3.63) is 35.4 Å². The standard InChI is InChI=1S/C16H22F2O/c1-10(2)12-4-6-16(19)13(9-12)7-11-3-5-14(17)15(18)8-11/h3,5,8,10,12-13,16,19H,4,6-7,9H2,1-2H3. The van der Waals surface area contributed by atoms with Gasteiger partial charge in [-0.25, -0.2) is 8.78 Å². The average molecular weight is 268 g/mol. The van der Waals surface area contributed by atoms with Gasteiger partial charge < -0.3 is 5.11 Å². The molecule has 0 spiro atoms. The second kappa shape index (κ2) is 6.00. The van der Waals surface area contributed by atoms with Crippen molar-refractivity contribution in [2.45, 2.75) is 45.6 Å². The van der Waals surface area contributed by atoms with E-state index in [0.717, 1.165) is 24.8 Å². The van der Waals surface area contributed by atoms with Crippen LogP contribution in [0.4, 0.5) is 8.78 Å². The zero-order chi connectivity index (χ0) is 14.0. The first-order valence-corrected chi connectivity index (χ1v) is 7.09. The Labute approximate surface area is 113 Å². The molecule has 1 fully saturated rings. The van der Waals surface area contributed by atoms with Gasteiger partial charge in [0, 0.05) is 0 Å². The maximum atomic E-state index is 13.2. The van der Waals surface area contributed by atoms with Crippen LogP contribution in [0.1, 0.15) is 38.7 Å². The van der Waals surface area contributed by atoms with Gasteiger partial charge in [-0.3, -0.25) is 0 Å². The molecule has 3 heteroatoms. The Kier molecular flexibility index (Phi) is 4.56. The van der Waals surface area contributed by atoms with Crippen LogP contribution in [0.3, 0.4) is 0 Å². The molecule has 1 aromatic carbocycles. The monoisotopic (exact) mass is 268 g/mol. The number of benzene rings is 1. The fraction of sp³-hybridized carbons (Fsp3) is 0.625. The molecule has 0 radical (unpaired) electrons. The molecule has 0 saturated heterocycles. The predicted octanol–water partition coefficient (Wildman–Crippen LogP) is 3.94. The Balaban J connectivity index is 2.05. The summed E-state index contributed by atoms with van der Waals surface area (Å²) in [6.07, 6.45) is 3.16.